The fourth-order valence-electron chi connectivity index (χ4n) is 4.29. The first-order valence-electron chi connectivity index (χ1n) is 12.3. The van der Waals surface area contributed by atoms with Crippen LogP contribution in [0, 0.1) is 12.7 Å². The Bertz CT molecular complexity index is 1580. The number of benzene rings is 2. The summed E-state index contributed by atoms with van der Waals surface area (Å²) in [6.07, 6.45) is 5.27. The summed E-state index contributed by atoms with van der Waals surface area (Å²) < 4.78 is 49.2. The number of sulfonamides is 1. The summed E-state index contributed by atoms with van der Waals surface area (Å²) in [6, 6.07) is 14.0. The number of anilines is 2. The summed E-state index contributed by atoms with van der Waals surface area (Å²) in [4.78, 5) is 13.1. The third-order valence-corrected chi connectivity index (χ3v) is 8.02. The molecule has 1 fully saturated rings. The molecule has 9 nitrogen and oxygen atoms in total. The van der Waals surface area contributed by atoms with E-state index in [4.69, 9.17) is 16.3 Å². The zero-order chi connectivity index (χ0) is 27.4. The molecule has 2 aromatic carbocycles. The van der Waals surface area contributed by atoms with Crippen LogP contribution in [0.2, 0.25) is 5.02 Å². The van der Waals surface area contributed by atoms with E-state index < -0.39 is 15.8 Å². The highest BCUT2D eigenvalue weighted by Gasteiger charge is 2.21. The Balaban J connectivity index is 0.00000370. The van der Waals surface area contributed by atoms with Gasteiger partial charge in [-0.05, 0) is 68.3 Å². The lowest BCUT2D eigenvalue weighted by Crippen LogP contribution is -2.38. The molecule has 1 aliphatic rings. The zero-order valence-electron chi connectivity index (χ0n) is 21.4. The molecule has 2 aromatic heterocycles. The Morgan fingerprint density at radius 2 is 1.93 bits per heavy atom. The summed E-state index contributed by atoms with van der Waals surface area (Å²) in [5.74, 6) is -0.226. The van der Waals surface area contributed by atoms with Crippen molar-refractivity contribution in [2.75, 3.05) is 23.1 Å². The molecule has 1 aliphatic heterocycles. The van der Waals surface area contributed by atoms with Gasteiger partial charge in [-0.15, -0.1) is 12.4 Å². The lowest BCUT2D eigenvalue weighted by molar-refractivity contribution is 0.426. The molecule has 0 spiro atoms. The Labute approximate surface area is 243 Å². The van der Waals surface area contributed by atoms with Gasteiger partial charge in [0.1, 0.15) is 4.90 Å². The Hall–Kier alpha value is -3.51. The molecule has 0 saturated carbocycles. The largest absolute Gasteiger partial charge is 0.435 e. The number of rotatable bonds is 8. The molecule has 0 amide bonds. The van der Waals surface area contributed by atoms with E-state index in [1.807, 2.05) is 0 Å². The second kappa shape index (κ2) is 12.8. The molecule has 1 atom stereocenters. The number of aryl methyl sites for hydroxylation is 1. The van der Waals surface area contributed by atoms with Gasteiger partial charge in [0.25, 0.3) is 10.0 Å². The van der Waals surface area contributed by atoms with Gasteiger partial charge in [0, 0.05) is 31.0 Å². The molecule has 1 unspecified atom stereocenters. The summed E-state index contributed by atoms with van der Waals surface area (Å²) in [7, 11) is -4.03. The predicted molar refractivity (Wildman–Crippen MR) is 155 cm³/mol. The highest BCUT2D eigenvalue weighted by atomic mass is 35.5. The van der Waals surface area contributed by atoms with Crippen molar-refractivity contribution in [1.82, 2.24) is 20.3 Å². The molecule has 4 aromatic rings. The minimum atomic E-state index is -4.03. The normalized spacial score (nSPS) is 15.1. The number of pyridine rings is 1. The van der Waals surface area contributed by atoms with Gasteiger partial charge < -0.3 is 15.4 Å². The van der Waals surface area contributed by atoms with E-state index in [1.165, 1.54) is 24.4 Å². The lowest BCUT2D eigenvalue weighted by atomic mass is 10.1. The minimum absolute atomic E-state index is 0. The quantitative estimate of drug-likeness (QED) is 0.230. The molecule has 3 heterocycles. The molecule has 0 aliphatic carbocycles. The van der Waals surface area contributed by atoms with Gasteiger partial charge in [-0.1, -0.05) is 23.7 Å². The highest BCUT2D eigenvalue weighted by molar-refractivity contribution is 7.92. The fourth-order valence-corrected chi connectivity index (χ4v) is 5.85. The van der Waals surface area contributed by atoms with E-state index in [0.717, 1.165) is 32.0 Å². The Kier molecular flexibility index (Phi) is 9.41. The van der Waals surface area contributed by atoms with Gasteiger partial charge >= 0.3 is 0 Å². The van der Waals surface area contributed by atoms with E-state index in [2.05, 4.69) is 30.3 Å². The maximum atomic E-state index is 15.3. The monoisotopic (exact) mass is 604 g/mol. The van der Waals surface area contributed by atoms with Crippen molar-refractivity contribution >= 4 is 45.7 Å². The van der Waals surface area contributed by atoms with Crippen molar-refractivity contribution in [2.45, 2.75) is 30.7 Å². The third kappa shape index (κ3) is 6.79. The molecule has 0 radical (unpaired) electrons. The van der Waals surface area contributed by atoms with Crippen LogP contribution in [-0.4, -0.2) is 42.5 Å². The molecular formula is C27H27Cl2FN6O3S. The Morgan fingerprint density at radius 1 is 1.10 bits per heavy atom. The number of nitrogens with zero attached hydrogens (tertiary/aromatic N) is 3. The van der Waals surface area contributed by atoms with Gasteiger partial charge in [0.15, 0.2) is 11.6 Å². The third-order valence-electron chi connectivity index (χ3n) is 6.14. The first-order chi connectivity index (χ1) is 18.8. The molecule has 40 heavy (non-hydrogen) atoms. The van der Waals surface area contributed by atoms with Gasteiger partial charge in [-0.2, -0.15) is 0 Å². The van der Waals surface area contributed by atoms with Crippen LogP contribution in [0.25, 0.3) is 11.3 Å². The average molecular weight is 606 g/mol. The van der Waals surface area contributed by atoms with E-state index in [0.29, 0.717) is 22.8 Å². The smallest absolute Gasteiger partial charge is 0.263 e. The fraction of sp³-hybridized carbons (Fsp3) is 0.222. The van der Waals surface area contributed by atoms with Crippen LogP contribution in [0.4, 0.5) is 16.0 Å². The topological polar surface area (TPSA) is 118 Å². The minimum Gasteiger partial charge on any atom is -0.435 e. The van der Waals surface area contributed by atoms with Gasteiger partial charge in [0.2, 0.25) is 11.8 Å². The second-order valence-electron chi connectivity index (χ2n) is 9.05. The van der Waals surface area contributed by atoms with E-state index in [-0.39, 0.29) is 45.7 Å². The van der Waals surface area contributed by atoms with Crippen molar-refractivity contribution in [1.29, 1.82) is 0 Å². The van der Waals surface area contributed by atoms with Crippen molar-refractivity contribution < 1.29 is 17.5 Å². The van der Waals surface area contributed by atoms with Crippen molar-refractivity contribution in [3.63, 3.8) is 0 Å². The van der Waals surface area contributed by atoms with Gasteiger partial charge in [-0.25, -0.2) is 27.8 Å². The summed E-state index contributed by atoms with van der Waals surface area (Å²) in [6.45, 7) is 3.44. The van der Waals surface area contributed by atoms with Crippen molar-refractivity contribution in [3.05, 3.63) is 83.4 Å². The lowest BCUT2D eigenvalue weighted by Gasteiger charge is -2.23. The van der Waals surface area contributed by atoms with Crippen LogP contribution in [0.15, 0.2) is 71.9 Å². The van der Waals surface area contributed by atoms with Crippen LogP contribution >= 0.6 is 24.0 Å². The number of aromatic nitrogens is 3. The standard InChI is InChI=1S/C27H26ClFN6O3S.ClH/c1-17-14-19(35-39(36,37)24-9-3-2-8-21(24)28)15-22(29)25(17)38-26-20(7-5-12-31-26)23-10-13-32-27(34-23)33-18-6-4-11-30-16-18;/h2-3,5,7-10,12-15,18,30,35H,4,6,11,16H2,1H3,(H,32,33,34);1H. The maximum Gasteiger partial charge on any atom is 0.263 e. The number of piperidine rings is 1. The average Bonchev–Trinajstić information content (AvgIpc) is 2.92. The summed E-state index contributed by atoms with van der Waals surface area (Å²) in [5, 5.41) is 6.75. The molecule has 5 rings (SSSR count). The molecular weight excluding hydrogens is 578 g/mol. The molecule has 0 bridgehead atoms. The van der Waals surface area contributed by atoms with Crippen LogP contribution < -0.4 is 20.1 Å². The molecule has 1 saturated heterocycles. The first-order valence-corrected chi connectivity index (χ1v) is 14.2. The SMILES string of the molecule is Cc1cc(NS(=O)(=O)c2ccccc2Cl)cc(F)c1Oc1ncccc1-c1ccnc(NC2CCCNC2)n1.Cl. The van der Waals surface area contributed by atoms with Crippen molar-refractivity contribution in [3.8, 4) is 22.9 Å². The first kappa shape index (κ1) is 29.5. The Morgan fingerprint density at radius 3 is 2.67 bits per heavy atom. The van der Waals surface area contributed by atoms with Crippen LogP contribution in [0.1, 0.15) is 18.4 Å². The summed E-state index contributed by atoms with van der Waals surface area (Å²) >= 11 is 6.04. The molecule has 13 heteroatoms. The number of ether oxygens (including phenoxy) is 1. The molecule has 210 valence electrons. The van der Waals surface area contributed by atoms with Crippen LogP contribution in [0.5, 0.6) is 11.6 Å². The number of hydrogen-bond acceptors (Lipinski definition) is 8. The summed E-state index contributed by atoms with van der Waals surface area (Å²) in [5.41, 5.74) is 1.49. The van der Waals surface area contributed by atoms with Crippen LogP contribution in [-0.2, 0) is 10.0 Å². The number of halogens is 3. The highest BCUT2D eigenvalue weighted by Crippen LogP contribution is 2.35. The zero-order valence-corrected chi connectivity index (χ0v) is 23.8. The van der Waals surface area contributed by atoms with Crippen LogP contribution in [0.3, 0.4) is 0 Å². The van der Waals surface area contributed by atoms with E-state index in [9.17, 15) is 8.42 Å². The number of nitrogens with one attached hydrogen (secondary N) is 3. The predicted octanol–water partition coefficient (Wildman–Crippen LogP) is 5.82. The van der Waals surface area contributed by atoms with Gasteiger partial charge in [-0.3, -0.25) is 4.72 Å². The molecule has 3 N–H and O–H groups in total. The van der Waals surface area contributed by atoms with E-state index in [1.54, 1.807) is 43.5 Å². The van der Waals surface area contributed by atoms with E-state index >= 15 is 4.39 Å². The maximum absolute atomic E-state index is 15.3. The van der Waals surface area contributed by atoms with Crippen molar-refractivity contribution in [2.24, 2.45) is 0 Å². The van der Waals surface area contributed by atoms with Gasteiger partial charge in [0.05, 0.1) is 22.0 Å². The second-order valence-corrected chi connectivity index (χ2v) is 11.1. The number of hydrogen-bond donors (Lipinski definition) is 3.